The lowest BCUT2D eigenvalue weighted by molar-refractivity contribution is -0.131. The Balaban J connectivity index is 1.47. The molecule has 1 saturated carbocycles. The summed E-state index contributed by atoms with van der Waals surface area (Å²) in [5.41, 5.74) is 1.74. The Bertz CT molecular complexity index is 930. The van der Waals surface area contributed by atoms with E-state index in [1.54, 1.807) is 12.1 Å². The monoisotopic (exact) mass is 454 g/mol. The molecule has 0 bridgehead atoms. The summed E-state index contributed by atoms with van der Waals surface area (Å²) in [6, 6.07) is 14.8. The number of nitrogens with one attached hydrogen (secondary N) is 1. The third kappa shape index (κ3) is 3.99. The molecule has 3 amide bonds. The summed E-state index contributed by atoms with van der Waals surface area (Å²) in [5, 5.41) is 2.88. The fourth-order valence-corrected chi connectivity index (χ4v) is 4.48. The van der Waals surface area contributed by atoms with Crippen molar-refractivity contribution < 1.29 is 14.4 Å². The third-order valence-corrected chi connectivity index (χ3v) is 6.42. The molecule has 150 valence electrons. The van der Waals surface area contributed by atoms with Crippen LogP contribution in [0.2, 0.25) is 0 Å². The van der Waals surface area contributed by atoms with E-state index in [4.69, 9.17) is 0 Å². The second-order valence-corrected chi connectivity index (χ2v) is 8.74. The van der Waals surface area contributed by atoms with Crippen molar-refractivity contribution in [2.75, 3.05) is 6.54 Å². The first kappa shape index (κ1) is 19.8. The number of Topliss-reactive ketones (excluding diaryl/α,β-unsaturated/α-hetero) is 1. The molecule has 1 spiro atoms. The average Bonchev–Trinajstić information content (AvgIpc) is 2.89. The second kappa shape index (κ2) is 8.11. The van der Waals surface area contributed by atoms with E-state index in [9.17, 15) is 14.4 Å². The van der Waals surface area contributed by atoms with E-state index in [0.717, 1.165) is 46.2 Å². The molecule has 29 heavy (non-hydrogen) atoms. The highest BCUT2D eigenvalue weighted by Crippen LogP contribution is 2.33. The SMILES string of the molecule is O=C(CN1C(=O)NC2(CCCCCC2)C1=O)c1ccc(-c2ccc(Br)cc2)cc1. The minimum atomic E-state index is -0.806. The maximum absolute atomic E-state index is 13.0. The first-order valence-corrected chi connectivity index (χ1v) is 10.8. The lowest BCUT2D eigenvalue weighted by atomic mass is 9.90. The normalized spacial score (nSPS) is 18.6. The molecule has 4 rings (SSSR count). The molecule has 2 aromatic carbocycles. The van der Waals surface area contributed by atoms with Gasteiger partial charge < -0.3 is 5.32 Å². The van der Waals surface area contributed by atoms with E-state index < -0.39 is 11.6 Å². The van der Waals surface area contributed by atoms with Crippen LogP contribution >= 0.6 is 15.9 Å². The number of amides is 3. The Morgan fingerprint density at radius 3 is 2.03 bits per heavy atom. The first-order chi connectivity index (χ1) is 14.0. The predicted octanol–water partition coefficient (Wildman–Crippen LogP) is 4.94. The quantitative estimate of drug-likeness (QED) is 0.525. The van der Waals surface area contributed by atoms with Gasteiger partial charge >= 0.3 is 6.03 Å². The molecule has 0 aromatic heterocycles. The Morgan fingerprint density at radius 1 is 0.897 bits per heavy atom. The molecule has 0 radical (unpaired) electrons. The van der Waals surface area contributed by atoms with Crippen molar-refractivity contribution in [1.82, 2.24) is 10.2 Å². The largest absolute Gasteiger partial charge is 0.325 e. The summed E-state index contributed by atoms with van der Waals surface area (Å²) in [5.74, 6) is -0.481. The standard InChI is InChI=1S/C23H23BrN2O3/c24-19-11-9-17(10-12-19)16-5-7-18(8-6-16)20(27)15-26-21(28)23(25-22(26)29)13-3-1-2-4-14-23/h5-12H,1-4,13-15H2,(H,25,29). The van der Waals surface area contributed by atoms with Gasteiger partial charge in [0.2, 0.25) is 0 Å². The zero-order valence-corrected chi connectivity index (χ0v) is 17.7. The van der Waals surface area contributed by atoms with Crippen LogP contribution in [0.15, 0.2) is 53.0 Å². The Labute approximate surface area is 178 Å². The number of ketones is 1. The average molecular weight is 455 g/mol. The van der Waals surface area contributed by atoms with Crippen LogP contribution in [0.3, 0.4) is 0 Å². The molecule has 6 heteroatoms. The van der Waals surface area contributed by atoms with E-state index in [-0.39, 0.29) is 18.2 Å². The van der Waals surface area contributed by atoms with Gasteiger partial charge in [0, 0.05) is 10.0 Å². The predicted molar refractivity (Wildman–Crippen MR) is 115 cm³/mol. The molecule has 5 nitrogen and oxygen atoms in total. The summed E-state index contributed by atoms with van der Waals surface area (Å²) in [4.78, 5) is 39.2. The number of rotatable bonds is 4. The van der Waals surface area contributed by atoms with Gasteiger partial charge in [-0.05, 0) is 36.1 Å². The maximum atomic E-state index is 13.0. The Hall–Kier alpha value is -2.47. The van der Waals surface area contributed by atoms with Gasteiger partial charge in [-0.15, -0.1) is 0 Å². The molecule has 1 aliphatic carbocycles. The van der Waals surface area contributed by atoms with Crippen LogP contribution in [0.5, 0.6) is 0 Å². The van der Waals surface area contributed by atoms with E-state index >= 15 is 0 Å². The fraction of sp³-hybridized carbons (Fsp3) is 0.348. The number of urea groups is 1. The van der Waals surface area contributed by atoms with Crippen molar-refractivity contribution in [3.05, 3.63) is 58.6 Å². The second-order valence-electron chi connectivity index (χ2n) is 7.83. The minimum absolute atomic E-state index is 0.218. The van der Waals surface area contributed by atoms with Crippen LogP contribution in [0.4, 0.5) is 4.79 Å². The fourth-order valence-electron chi connectivity index (χ4n) is 4.22. The lowest BCUT2D eigenvalue weighted by Crippen LogP contribution is -2.46. The minimum Gasteiger partial charge on any atom is -0.323 e. The highest BCUT2D eigenvalue weighted by atomic mass is 79.9. The molecule has 1 aliphatic heterocycles. The molecule has 2 fully saturated rings. The lowest BCUT2D eigenvalue weighted by Gasteiger charge is -2.24. The summed E-state index contributed by atoms with van der Waals surface area (Å²) < 4.78 is 1.01. The highest BCUT2D eigenvalue weighted by Gasteiger charge is 2.51. The van der Waals surface area contributed by atoms with E-state index in [0.29, 0.717) is 18.4 Å². The van der Waals surface area contributed by atoms with Crippen molar-refractivity contribution in [2.45, 2.75) is 44.1 Å². The molecule has 1 heterocycles. The smallest absolute Gasteiger partial charge is 0.323 e. The topological polar surface area (TPSA) is 66.5 Å². The Morgan fingerprint density at radius 2 is 1.45 bits per heavy atom. The Kier molecular flexibility index (Phi) is 5.54. The first-order valence-electron chi connectivity index (χ1n) is 10.0. The van der Waals surface area contributed by atoms with Gasteiger partial charge in [0.25, 0.3) is 5.91 Å². The van der Waals surface area contributed by atoms with E-state index in [1.807, 2.05) is 36.4 Å². The zero-order valence-electron chi connectivity index (χ0n) is 16.1. The van der Waals surface area contributed by atoms with Crippen LogP contribution in [-0.2, 0) is 4.79 Å². The molecule has 2 aromatic rings. The van der Waals surface area contributed by atoms with Crippen LogP contribution in [0.25, 0.3) is 11.1 Å². The molecular formula is C23H23BrN2O3. The number of halogens is 1. The van der Waals surface area contributed by atoms with Crippen molar-refractivity contribution in [2.24, 2.45) is 0 Å². The summed E-state index contributed by atoms with van der Waals surface area (Å²) in [7, 11) is 0. The van der Waals surface area contributed by atoms with E-state index in [1.165, 1.54) is 0 Å². The summed E-state index contributed by atoms with van der Waals surface area (Å²) in [6.45, 7) is -0.218. The van der Waals surface area contributed by atoms with Gasteiger partial charge in [0.15, 0.2) is 5.78 Å². The molecular weight excluding hydrogens is 432 g/mol. The molecule has 0 unspecified atom stereocenters. The molecule has 2 aliphatic rings. The molecule has 1 N–H and O–H groups in total. The summed E-state index contributed by atoms with van der Waals surface area (Å²) >= 11 is 3.42. The van der Waals surface area contributed by atoms with E-state index in [2.05, 4.69) is 21.2 Å². The van der Waals surface area contributed by atoms with Crippen LogP contribution in [-0.4, -0.2) is 34.7 Å². The molecule has 1 saturated heterocycles. The number of benzene rings is 2. The van der Waals surface area contributed by atoms with Crippen LogP contribution < -0.4 is 5.32 Å². The number of carbonyl (C=O) groups excluding carboxylic acids is 3. The van der Waals surface area contributed by atoms with Gasteiger partial charge in [-0.1, -0.05) is 78.0 Å². The summed E-state index contributed by atoms with van der Waals surface area (Å²) in [6.07, 6.45) is 5.31. The van der Waals surface area contributed by atoms with Crippen LogP contribution in [0, 0.1) is 0 Å². The van der Waals surface area contributed by atoms with Crippen molar-refractivity contribution in [3.63, 3.8) is 0 Å². The van der Waals surface area contributed by atoms with Crippen LogP contribution in [0.1, 0.15) is 48.9 Å². The van der Waals surface area contributed by atoms with Crippen molar-refractivity contribution >= 4 is 33.7 Å². The van der Waals surface area contributed by atoms with Gasteiger partial charge in [-0.2, -0.15) is 0 Å². The number of imide groups is 1. The number of hydrogen-bond acceptors (Lipinski definition) is 3. The molecule has 0 atom stereocenters. The highest BCUT2D eigenvalue weighted by molar-refractivity contribution is 9.10. The van der Waals surface area contributed by atoms with Gasteiger partial charge in [0.05, 0.1) is 6.54 Å². The van der Waals surface area contributed by atoms with Gasteiger partial charge in [-0.3, -0.25) is 14.5 Å². The third-order valence-electron chi connectivity index (χ3n) is 5.89. The van der Waals surface area contributed by atoms with Gasteiger partial charge in [0.1, 0.15) is 5.54 Å². The number of nitrogens with zero attached hydrogens (tertiary/aromatic N) is 1. The van der Waals surface area contributed by atoms with Crippen molar-refractivity contribution in [3.8, 4) is 11.1 Å². The number of hydrogen-bond donors (Lipinski definition) is 1. The maximum Gasteiger partial charge on any atom is 0.325 e. The zero-order chi connectivity index (χ0) is 20.4. The van der Waals surface area contributed by atoms with Gasteiger partial charge in [-0.25, -0.2) is 4.79 Å². The number of carbonyl (C=O) groups is 3. The van der Waals surface area contributed by atoms with Crippen molar-refractivity contribution in [1.29, 1.82) is 0 Å².